The highest BCUT2D eigenvalue weighted by Crippen LogP contribution is 2.37. The maximum atomic E-state index is 13.1. The Labute approximate surface area is 182 Å². The molecule has 0 spiro atoms. The molecular formula is C20H25F6N3OS. The van der Waals surface area contributed by atoms with E-state index in [1.54, 1.807) is 16.7 Å². The molecule has 1 aromatic carbocycles. The Kier molecular flexibility index (Phi) is 7.19. The number of amides is 1. The fourth-order valence-electron chi connectivity index (χ4n) is 3.27. The summed E-state index contributed by atoms with van der Waals surface area (Å²) in [7, 11) is 0. The van der Waals surface area contributed by atoms with Crippen molar-refractivity contribution in [1.29, 1.82) is 0 Å². The molecule has 174 valence electrons. The Morgan fingerprint density at radius 2 is 1.55 bits per heavy atom. The van der Waals surface area contributed by atoms with E-state index < -0.39 is 29.2 Å². The number of nitrogens with one attached hydrogen (secondary N) is 1. The van der Waals surface area contributed by atoms with Crippen LogP contribution in [0.2, 0.25) is 0 Å². The van der Waals surface area contributed by atoms with Crippen LogP contribution in [0.3, 0.4) is 0 Å². The molecule has 1 amide bonds. The molecule has 4 nitrogen and oxygen atoms in total. The number of carbonyl (C=O) groups excluding carboxylic acids is 1. The molecular weight excluding hydrogens is 444 g/mol. The van der Waals surface area contributed by atoms with Crippen molar-refractivity contribution in [3.8, 4) is 0 Å². The monoisotopic (exact) mass is 469 g/mol. The van der Waals surface area contributed by atoms with Gasteiger partial charge in [0.05, 0.1) is 11.1 Å². The lowest BCUT2D eigenvalue weighted by Gasteiger charge is -2.42. The van der Waals surface area contributed by atoms with E-state index in [4.69, 9.17) is 12.2 Å². The van der Waals surface area contributed by atoms with Gasteiger partial charge in [-0.1, -0.05) is 20.8 Å². The molecule has 1 N–H and O–H groups in total. The number of anilines is 1. The lowest BCUT2D eigenvalue weighted by atomic mass is 9.91. The molecule has 1 heterocycles. The third kappa shape index (κ3) is 6.98. The molecule has 0 radical (unpaired) electrons. The second-order valence-corrected chi connectivity index (χ2v) is 9.23. The van der Waals surface area contributed by atoms with Gasteiger partial charge in [-0.3, -0.25) is 4.79 Å². The SMILES string of the molecule is C[C@H]1CN(C(=O)CC(C)(C)C)CCN1C(=S)Nc1cc(C(F)(F)F)cc(C(F)(F)F)c1. The van der Waals surface area contributed by atoms with Gasteiger partial charge in [0.15, 0.2) is 5.11 Å². The first kappa shape index (κ1) is 25.2. The maximum absolute atomic E-state index is 13.1. The second kappa shape index (κ2) is 8.84. The van der Waals surface area contributed by atoms with Crippen LogP contribution in [-0.2, 0) is 17.1 Å². The van der Waals surface area contributed by atoms with Gasteiger partial charge in [0.2, 0.25) is 5.91 Å². The first-order chi connectivity index (χ1) is 14.0. The zero-order valence-electron chi connectivity index (χ0n) is 17.6. The highest BCUT2D eigenvalue weighted by atomic mass is 32.1. The van der Waals surface area contributed by atoms with Crippen LogP contribution in [0.25, 0.3) is 0 Å². The van der Waals surface area contributed by atoms with Gasteiger partial charge < -0.3 is 15.1 Å². The van der Waals surface area contributed by atoms with E-state index in [0.717, 1.165) is 0 Å². The lowest BCUT2D eigenvalue weighted by molar-refractivity contribution is -0.143. The summed E-state index contributed by atoms with van der Waals surface area (Å²) in [5, 5.41) is 2.51. The number of thiocarbonyl (C=S) groups is 1. The quantitative estimate of drug-likeness (QED) is 0.466. The molecule has 0 unspecified atom stereocenters. The van der Waals surface area contributed by atoms with Crippen LogP contribution in [0.15, 0.2) is 18.2 Å². The van der Waals surface area contributed by atoms with Crippen LogP contribution >= 0.6 is 12.2 Å². The van der Waals surface area contributed by atoms with Gasteiger partial charge in [-0.25, -0.2) is 0 Å². The number of alkyl halides is 6. The van der Waals surface area contributed by atoms with Crippen molar-refractivity contribution < 1.29 is 31.1 Å². The highest BCUT2D eigenvalue weighted by molar-refractivity contribution is 7.80. The van der Waals surface area contributed by atoms with E-state index in [1.165, 1.54) is 0 Å². The Balaban J connectivity index is 2.14. The van der Waals surface area contributed by atoms with E-state index >= 15 is 0 Å². The molecule has 1 aliphatic rings. The Morgan fingerprint density at radius 3 is 1.97 bits per heavy atom. The Bertz CT molecular complexity index is 799. The number of rotatable bonds is 2. The van der Waals surface area contributed by atoms with Gasteiger partial charge in [-0.05, 0) is 42.8 Å². The third-order valence-electron chi connectivity index (χ3n) is 4.76. The molecule has 0 aliphatic carbocycles. The van der Waals surface area contributed by atoms with Gasteiger partial charge in [-0.2, -0.15) is 26.3 Å². The number of benzene rings is 1. The summed E-state index contributed by atoms with van der Waals surface area (Å²) in [5.41, 5.74) is -3.41. The summed E-state index contributed by atoms with van der Waals surface area (Å²) in [6.45, 7) is 8.67. The van der Waals surface area contributed by atoms with Gasteiger partial charge in [0.1, 0.15) is 0 Å². The van der Waals surface area contributed by atoms with Crippen LogP contribution in [0.1, 0.15) is 45.2 Å². The van der Waals surface area contributed by atoms with Crippen LogP contribution in [0, 0.1) is 5.41 Å². The van der Waals surface area contributed by atoms with Crippen molar-refractivity contribution in [3.05, 3.63) is 29.3 Å². The minimum absolute atomic E-state index is 0.00266. The average Bonchev–Trinajstić information content (AvgIpc) is 2.58. The van der Waals surface area contributed by atoms with Crippen molar-refractivity contribution in [2.24, 2.45) is 5.41 Å². The van der Waals surface area contributed by atoms with Crippen molar-refractivity contribution in [2.75, 3.05) is 25.0 Å². The fraction of sp³-hybridized carbons (Fsp3) is 0.600. The third-order valence-corrected chi connectivity index (χ3v) is 5.10. The van der Waals surface area contributed by atoms with Gasteiger partial charge in [0, 0.05) is 37.8 Å². The van der Waals surface area contributed by atoms with Crippen molar-refractivity contribution in [1.82, 2.24) is 9.80 Å². The first-order valence-electron chi connectivity index (χ1n) is 9.62. The maximum Gasteiger partial charge on any atom is 0.416 e. The smallest absolute Gasteiger partial charge is 0.343 e. The molecule has 1 fully saturated rings. The molecule has 1 aliphatic heterocycles. The Morgan fingerprint density at radius 1 is 1.03 bits per heavy atom. The Hall–Kier alpha value is -2.04. The average molecular weight is 469 g/mol. The summed E-state index contributed by atoms with van der Waals surface area (Å²) in [6, 6.07) is 0.992. The summed E-state index contributed by atoms with van der Waals surface area (Å²) >= 11 is 5.25. The van der Waals surface area contributed by atoms with Crippen LogP contribution in [0.5, 0.6) is 0 Å². The summed E-state index contributed by atoms with van der Waals surface area (Å²) in [5.74, 6) is -0.00873. The summed E-state index contributed by atoms with van der Waals surface area (Å²) < 4.78 is 78.3. The molecule has 31 heavy (non-hydrogen) atoms. The molecule has 11 heteroatoms. The molecule has 2 rings (SSSR count). The zero-order chi connectivity index (χ0) is 23.8. The number of piperazine rings is 1. The largest absolute Gasteiger partial charge is 0.416 e. The molecule has 1 atom stereocenters. The number of halogens is 6. The number of carbonyl (C=O) groups is 1. The van der Waals surface area contributed by atoms with E-state index in [-0.39, 0.29) is 28.5 Å². The lowest BCUT2D eigenvalue weighted by Crippen LogP contribution is -2.56. The molecule has 0 bridgehead atoms. The van der Waals surface area contributed by atoms with E-state index in [2.05, 4.69) is 5.32 Å². The highest BCUT2D eigenvalue weighted by Gasteiger charge is 2.37. The fourth-order valence-corrected chi connectivity index (χ4v) is 3.66. The van der Waals surface area contributed by atoms with Gasteiger partial charge in [-0.15, -0.1) is 0 Å². The molecule has 1 saturated heterocycles. The van der Waals surface area contributed by atoms with Crippen LogP contribution in [-0.4, -0.2) is 46.5 Å². The number of nitrogens with zero attached hydrogens (tertiary/aromatic N) is 2. The normalized spacial score (nSPS) is 18.2. The van der Waals surface area contributed by atoms with Gasteiger partial charge >= 0.3 is 12.4 Å². The second-order valence-electron chi connectivity index (χ2n) is 8.84. The van der Waals surface area contributed by atoms with E-state index in [9.17, 15) is 31.1 Å². The molecule has 1 aromatic rings. The van der Waals surface area contributed by atoms with Gasteiger partial charge in [0.25, 0.3) is 0 Å². The number of hydrogen-bond donors (Lipinski definition) is 1. The zero-order valence-corrected chi connectivity index (χ0v) is 18.4. The van der Waals surface area contributed by atoms with E-state index in [1.807, 2.05) is 20.8 Å². The predicted octanol–water partition coefficient (Wildman–Crippen LogP) is 5.39. The summed E-state index contributed by atoms with van der Waals surface area (Å²) in [4.78, 5) is 15.8. The van der Waals surface area contributed by atoms with Crippen LogP contribution < -0.4 is 5.32 Å². The minimum Gasteiger partial charge on any atom is -0.343 e. The first-order valence-corrected chi connectivity index (χ1v) is 10.0. The molecule has 0 aromatic heterocycles. The summed E-state index contributed by atoms with van der Waals surface area (Å²) in [6.07, 6.45) is -9.51. The van der Waals surface area contributed by atoms with Crippen LogP contribution in [0.4, 0.5) is 32.0 Å². The van der Waals surface area contributed by atoms with Crippen molar-refractivity contribution in [3.63, 3.8) is 0 Å². The minimum atomic E-state index is -4.94. The number of hydrogen-bond acceptors (Lipinski definition) is 2. The standard InChI is InChI=1S/C20H25F6N3OS/c1-12-11-28(16(30)10-18(2,3)4)5-6-29(12)17(31)27-15-8-13(19(21,22)23)7-14(9-15)20(24,25)26/h7-9,12H,5-6,10-11H2,1-4H3,(H,27,31)/t12-/m0/s1. The van der Waals surface area contributed by atoms with E-state index in [0.29, 0.717) is 38.2 Å². The predicted molar refractivity (Wildman–Crippen MR) is 109 cm³/mol. The molecule has 0 saturated carbocycles. The topological polar surface area (TPSA) is 35.6 Å². The van der Waals surface area contributed by atoms with Crippen molar-refractivity contribution >= 4 is 28.9 Å². The van der Waals surface area contributed by atoms with Crippen molar-refractivity contribution in [2.45, 2.75) is 52.5 Å².